The smallest absolute Gasteiger partial charge is 0.239 e. The van der Waals surface area contributed by atoms with Crippen molar-refractivity contribution in [3.8, 4) is 22.5 Å². The summed E-state index contributed by atoms with van der Waals surface area (Å²) in [5, 5.41) is 10.5. The number of carbonyl (C=O) groups excluding carboxylic acids is 1. The number of aromatic nitrogens is 2. The van der Waals surface area contributed by atoms with Crippen LogP contribution in [0.4, 0.5) is 0 Å². The van der Waals surface area contributed by atoms with E-state index in [4.69, 9.17) is 17.0 Å². The molecular weight excluding hydrogens is 603 g/mol. The first-order valence-electron chi connectivity index (χ1n) is 12.0. The van der Waals surface area contributed by atoms with Gasteiger partial charge in [-0.1, -0.05) is 82.7 Å². The average molecular weight is 629 g/mol. The maximum absolute atomic E-state index is 12.2. The molecule has 1 unspecified atom stereocenters. The normalized spacial score (nSPS) is 18.6. The minimum atomic E-state index is -0.126. The van der Waals surface area contributed by atoms with Gasteiger partial charge in [0.15, 0.2) is 5.17 Å². The summed E-state index contributed by atoms with van der Waals surface area (Å²) in [7, 11) is 0. The van der Waals surface area contributed by atoms with E-state index in [1.165, 1.54) is 16.7 Å². The van der Waals surface area contributed by atoms with Gasteiger partial charge in [-0.25, -0.2) is 4.98 Å². The van der Waals surface area contributed by atoms with Gasteiger partial charge in [0.25, 0.3) is 0 Å². The summed E-state index contributed by atoms with van der Waals surface area (Å²) >= 11 is 12.2. The van der Waals surface area contributed by atoms with Crippen molar-refractivity contribution < 1.29 is 4.79 Å². The number of H-pyrrole nitrogens is 1. The van der Waals surface area contributed by atoms with Gasteiger partial charge in [0, 0.05) is 10.6 Å². The zero-order chi connectivity index (χ0) is 25.2. The van der Waals surface area contributed by atoms with Gasteiger partial charge in [0.2, 0.25) is 5.91 Å². The second kappa shape index (κ2) is 10.9. The molecule has 1 aliphatic carbocycles. The van der Waals surface area contributed by atoms with E-state index < -0.39 is 0 Å². The van der Waals surface area contributed by atoms with Crippen molar-refractivity contribution in [2.24, 2.45) is 5.92 Å². The van der Waals surface area contributed by atoms with Crippen LogP contribution in [-0.2, 0) is 4.79 Å². The molecule has 1 atom stereocenters. The van der Waals surface area contributed by atoms with Crippen molar-refractivity contribution >= 4 is 68.9 Å². The molecule has 36 heavy (non-hydrogen) atoms. The summed E-state index contributed by atoms with van der Waals surface area (Å²) in [5.41, 5.74) is 6.59. The van der Waals surface area contributed by atoms with Crippen molar-refractivity contribution in [3.63, 3.8) is 0 Å². The lowest BCUT2D eigenvalue weighted by Crippen LogP contribution is -2.38. The summed E-state index contributed by atoms with van der Waals surface area (Å²) in [6, 6.07) is 23.0. The van der Waals surface area contributed by atoms with Crippen molar-refractivity contribution in [2.75, 3.05) is 0 Å². The molecule has 1 saturated carbocycles. The van der Waals surface area contributed by atoms with Crippen LogP contribution in [0, 0.1) is 11.3 Å². The van der Waals surface area contributed by atoms with E-state index in [0.717, 1.165) is 48.1 Å². The lowest BCUT2D eigenvalue weighted by atomic mass is 9.77. The molecule has 5 nitrogen and oxygen atoms in total. The van der Waals surface area contributed by atoms with Gasteiger partial charge < -0.3 is 10.3 Å². The number of halogens is 2. The Morgan fingerprint density at radius 2 is 1.61 bits per heavy atom. The summed E-state index contributed by atoms with van der Waals surface area (Å²) < 4.78 is -0.126. The number of benzene rings is 3. The van der Waals surface area contributed by atoms with Crippen LogP contribution in [0.25, 0.3) is 33.5 Å². The molecule has 1 fully saturated rings. The highest BCUT2D eigenvalue weighted by Crippen LogP contribution is 2.39. The maximum Gasteiger partial charge on any atom is 0.239 e. The second-order valence-electron chi connectivity index (χ2n) is 9.30. The Labute approximate surface area is 234 Å². The molecule has 0 saturated heterocycles. The van der Waals surface area contributed by atoms with Gasteiger partial charge in [-0.3, -0.25) is 10.2 Å². The van der Waals surface area contributed by atoms with Crippen LogP contribution < -0.4 is 5.32 Å². The van der Waals surface area contributed by atoms with E-state index in [9.17, 15) is 4.79 Å². The van der Waals surface area contributed by atoms with Crippen molar-refractivity contribution in [1.29, 1.82) is 5.41 Å². The third-order valence-corrected chi connectivity index (χ3v) is 8.93. The van der Waals surface area contributed by atoms with Gasteiger partial charge in [0.1, 0.15) is 5.82 Å². The lowest BCUT2D eigenvalue weighted by Gasteiger charge is -2.31. The zero-order valence-electron chi connectivity index (χ0n) is 19.5. The molecule has 1 amide bonds. The molecule has 0 bridgehead atoms. The minimum Gasteiger partial charge on any atom is -0.338 e. The molecule has 0 spiro atoms. The fourth-order valence-electron chi connectivity index (χ4n) is 5.03. The van der Waals surface area contributed by atoms with E-state index in [0.29, 0.717) is 16.9 Å². The first-order valence-corrected chi connectivity index (χ1v) is 14.0. The van der Waals surface area contributed by atoms with Gasteiger partial charge in [0.05, 0.1) is 15.0 Å². The number of nitrogens with one attached hydrogen (secondary N) is 3. The van der Waals surface area contributed by atoms with Crippen molar-refractivity contribution in [2.45, 2.75) is 35.5 Å². The summed E-state index contributed by atoms with van der Waals surface area (Å²) in [6.45, 7) is 0. The number of carbonyl (C=O) groups is 1. The van der Waals surface area contributed by atoms with Crippen molar-refractivity contribution in [3.05, 3.63) is 77.3 Å². The average Bonchev–Trinajstić information content (AvgIpc) is 3.31. The summed E-state index contributed by atoms with van der Waals surface area (Å²) in [5.74, 6) is 1.59. The first-order chi connectivity index (χ1) is 17.4. The van der Waals surface area contributed by atoms with E-state index >= 15 is 0 Å². The number of hydrogen-bond donors (Lipinski definition) is 4. The molecular formula is C28H26ClIN4OS. The van der Waals surface area contributed by atoms with E-state index in [1.807, 2.05) is 18.2 Å². The molecule has 5 rings (SSSR count). The highest BCUT2D eigenvalue weighted by atomic mass is 127. The Morgan fingerprint density at radius 3 is 2.25 bits per heavy atom. The maximum atomic E-state index is 12.2. The van der Waals surface area contributed by atoms with Crippen LogP contribution in [0.3, 0.4) is 0 Å². The molecule has 184 valence electrons. The standard InChI is InChI=1S/C28H26ClIN4OS/c29-22-13-14-23-24(15-22)33-26(32-23)21-11-7-19(8-12-21)17-3-1-16(2-4-17)18-5-9-20(10-6-18)25(30)27(35)34-28(31)36/h1-4,7-8,11-15,18,20,25H,5-6,9-10H2,(H,32,33)(H3,31,34,35,36). The van der Waals surface area contributed by atoms with Crippen LogP contribution in [0.2, 0.25) is 5.02 Å². The van der Waals surface area contributed by atoms with Crippen LogP contribution in [0.5, 0.6) is 0 Å². The lowest BCUT2D eigenvalue weighted by molar-refractivity contribution is -0.119. The molecule has 4 aromatic rings. The van der Waals surface area contributed by atoms with Crippen LogP contribution in [0.1, 0.15) is 37.2 Å². The summed E-state index contributed by atoms with van der Waals surface area (Å²) in [4.78, 5) is 20.2. The molecule has 8 heteroatoms. The number of thiol groups is 1. The monoisotopic (exact) mass is 628 g/mol. The Balaban J connectivity index is 1.22. The van der Waals surface area contributed by atoms with Crippen molar-refractivity contribution in [1.82, 2.24) is 15.3 Å². The Hall–Kier alpha value is -2.36. The summed E-state index contributed by atoms with van der Waals surface area (Å²) in [6.07, 6.45) is 4.19. The number of amidine groups is 1. The molecule has 0 radical (unpaired) electrons. The minimum absolute atomic E-state index is 0.0926. The van der Waals surface area contributed by atoms with E-state index in [-0.39, 0.29) is 15.0 Å². The molecule has 3 aromatic carbocycles. The number of hydrogen-bond acceptors (Lipinski definition) is 3. The largest absolute Gasteiger partial charge is 0.338 e. The highest BCUT2D eigenvalue weighted by molar-refractivity contribution is 14.1. The molecule has 1 heterocycles. The van der Waals surface area contributed by atoms with Crippen LogP contribution in [0.15, 0.2) is 66.7 Å². The number of rotatable bonds is 5. The van der Waals surface area contributed by atoms with Gasteiger partial charge in [-0.15, -0.1) is 12.6 Å². The predicted molar refractivity (Wildman–Crippen MR) is 159 cm³/mol. The third-order valence-electron chi connectivity index (χ3n) is 7.00. The van der Waals surface area contributed by atoms with Crippen LogP contribution in [-0.4, -0.2) is 25.0 Å². The number of imidazole rings is 1. The topological polar surface area (TPSA) is 81.6 Å². The van der Waals surface area contributed by atoms with E-state index in [1.54, 1.807) is 0 Å². The Bertz CT molecular complexity index is 1400. The van der Waals surface area contributed by atoms with Crippen LogP contribution >= 0.6 is 46.8 Å². The quantitative estimate of drug-likeness (QED) is 0.0603. The zero-order valence-corrected chi connectivity index (χ0v) is 23.3. The fraction of sp³-hybridized carbons (Fsp3) is 0.250. The van der Waals surface area contributed by atoms with Gasteiger partial charge in [-0.05, 0) is 72.4 Å². The van der Waals surface area contributed by atoms with Gasteiger partial charge >= 0.3 is 0 Å². The molecule has 3 N–H and O–H groups in total. The Kier molecular flexibility index (Phi) is 7.69. The van der Waals surface area contributed by atoms with E-state index in [2.05, 4.69) is 99.0 Å². The number of alkyl halides is 1. The Morgan fingerprint density at radius 1 is 1.00 bits per heavy atom. The number of amides is 1. The third kappa shape index (κ3) is 5.63. The first kappa shape index (κ1) is 25.3. The number of aromatic amines is 1. The molecule has 0 aliphatic heterocycles. The highest BCUT2D eigenvalue weighted by Gasteiger charge is 2.31. The number of fused-ring (bicyclic) bond motifs is 1. The molecule has 1 aromatic heterocycles. The number of nitrogens with zero attached hydrogens (tertiary/aromatic N) is 1. The fourth-order valence-corrected chi connectivity index (χ4v) is 6.18. The second-order valence-corrected chi connectivity index (χ2v) is 11.5. The molecule has 1 aliphatic rings. The SMILES string of the molecule is N=C(S)NC(=O)C(I)C1CCC(c2ccc(-c3ccc(-c4nc5cc(Cl)ccc5[nH]4)cc3)cc2)CC1. The predicted octanol–water partition coefficient (Wildman–Crippen LogP) is 7.61. The van der Waals surface area contributed by atoms with Gasteiger partial charge in [-0.2, -0.15) is 0 Å².